The Balaban J connectivity index is 1.77. The van der Waals surface area contributed by atoms with Gasteiger partial charge in [0.2, 0.25) is 5.91 Å². The number of aliphatic carboxylic acids is 1. The van der Waals surface area contributed by atoms with Crippen LogP contribution in [0.15, 0.2) is 24.3 Å². The van der Waals surface area contributed by atoms with Crippen LogP contribution in [0.25, 0.3) is 0 Å². The van der Waals surface area contributed by atoms with Gasteiger partial charge >= 0.3 is 5.97 Å². The number of amides is 2. The second-order valence-corrected chi connectivity index (χ2v) is 6.51. The number of carboxylic acids is 1. The molecular weight excluding hydrogens is 374 g/mol. The molecule has 0 aromatic heterocycles. The standard InChI is InChI=1S/C17H19N3O8/c21-14(19-5-7-27-8-6-19)13(18-15(22)17(10-28-17)16(23)24)9-11-1-3-12(4-2-11)20(25)26/h1-4,13H,5-10H2,(H,18,22)(H,23,24)/t13-,17-/m0/s1. The molecular formula is C17H19N3O8. The number of nitrogens with zero attached hydrogens (tertiary/aromatic N) is 2. The third kappa shape index (κ3) is 4.10. The van der Waals surface area contributed by atoms with Gasteiger partial charge in [0, 0.05) is 31.6 Å². The summed E-state index contributed by atoms with van der Waals surface area (Å²) in [5.74, 6) is -2.69. The fourth-order valence-corrected chi connectivity index (χ4v) is 2.89. The van der Waals surface area contributed by atoms with E-state index in [1.54, 1.807) is 0 Å². The topological polar surface area (TPSA) is 152 Å². The molecule has 0 radical (unpaired) electrons. The molecule has 2 heterocycles. The number of epoxide rings is 1. The summed E-state index contributed by atoms with van der Waals surface area (Å²) in [5.41, 5.74) is -1.47. The van der Waals surface area contributed by atoms with E-state index in [9.17, 15) is 29.6 Å². The second-order valence-electron chi connectivity index (χ2n) is 6.51. The quantitative estimate of drug-likeness (QED) is 0.268. The van der Waals surface area contributed by atoms with Crippen LogP contribution in [-0.2, 0) is 30.3 Å². The zero-order valence-corrected chi connectivity index (χ0v) is 14.8. The monoisotopic (exact) mass is 393 g/mol. The molecule has 0 aliphatic carbocycles. The molecule has 0 saturated carbocycles. The van der Waals surface area contributed by atoms with Crippen molar-refractivity contribution in [1.29, 1.82) is 0 Å². The number of ether oxygens (including phenoxy) is 2. The Hall–Kier alpha value is -3.05. The summed E-state index contributed by atoms with van der Waals surface area (Å²) in [6.07, 6.45) is 0.0512. The molecule has 2 N–H and O–H groups in total. The molecule has 1 aromatic carbocycles. The number of nitrogens with one attached hydrogen (secondary N) is 1. The zero-order chi connectivity index (χ0) is 20.3. The van der Waals surface area contributed by atoms with Gasteiger partial charge in [-0.15, -0.1) is 0 Å². The first-order valence-electron chi connectivity index (χ1n) is 8.62. The average molecular weight is 393 g/mol. The number of non-ortho nitro benzene ring substituents is 1. The number of hydrogen-bond acceptors (Lipinski definition) is 7. The van der Waals surface area contributed by atoms with Gasteiger partial charge in [0.1, 0.15) is 6.04 Å². The minimum absolute atomic E-state index is 0.0512. The SMILES string of the molecule is O=C([C@H](Cc1ccc([N+](=O)[O-])cc1)NC(=O)[C@]1(C(=O)O)CO1)N1CCOCC1. The largest absolute Gasteiger partial charge is 0.479 e. The summed E-state index contributed by atoms with van der Waals surface area (Å²) in [4.78, 5) is 48.3. The summed E-state index contributed by atoms with van der Waals surface area (Å²) < 4.78 is 10.0. The van der Waals surface area contributed by atoms with Crippen molar-refractivity contribution in [2.45, 2.75) is 18.1 Å². The van der Waals surface area contributed by atoms with E-state index in [0.717, 1.165) is 0 Å². The molecule has 11 heteroatoms. The number of carboxylic acid groups (broad SMARTS) is 1. The van der Waals surface area contributed by atoms with Gasteiger partial charge in [-0.2, -0.15) is 0 Å². The van der Waals surface area contributed by atoms with Crippen molar-refractivity contribution in [2.24, 2.45) is 0 Å². The third-order valence-electron chi connectivity index (χ3n) is 4.66. The van der Waals surface area contributed by atoms with Crippen molar-refractivity contribution in [3.05, 3.63) is 39.9 Å². The van der Waals surface area contributed by atoms with Crippen LogP contribution < -0.4 is 5.32 Å². The predicted molar refractivity (Wildman–Crippen MR) is 92.4 cm³/mol. The molecule has 150 valence electrons. The van der Waals surface area contributed by atoms with Gasteiger partial charge in [-0.05, 0) is 5.56 Å². The van der Waals surface area contributed by atoms with Crippen LogP contribution in [-0.4, -0.2) is 77.3 Å². The molecule has 2 saturated heterocycles. The van der Waals surface area contributed by atoms with E-state index in [4.69, 9.17) is 9.47 Å². The molecule has 28 heavy (non-hydrogen) atoms. The highest BCUT2D eigenvalue weighted by atomic mass is 16.6. The van der Waals surface area contributed by atoms with Gasteiger partial charge in [0.05, 0.1) is 24.7 Å². The van der Waals surface area contributed by atoms with Crippen molar-refractivity contribution in [1.82, 2.24) is 10.2 Å². The van der Waals surface area contributed by atoms with E-state index in [1.165, 1.54) is 29.2 Å². The summed E-state index contributed by atoms with van der Waals surface area (Å²) in [6, 6.07) is 4.55. The van der Waals surface area contributed by atoms with Crippen LogP contribution in [0.3, 0.4) is 0 Å². The molecule has 0 unspecified atom stereocenters. The fourth-order valence-electron chi connectivity index (χ4n) is 2.89. The molecule has 2 amide bonds. The molecule has 0 bridgehead atoms. The molecule has 2 aliphatic rings. The molecule has 3 rings (SSSR count). The number of hydrogen-bond donors (Lipinski definition) is 2. The smallest absolute Gasteiger partial charge is 0.348 e. The van der Waals surface area contributed by atoms with Crippen LogP contribution in [0.1, 0.15) is 5.56 Å². The van der Waals surface area contributed by atoms with Crippen LogP contribution in [0.5, 0.6) is 0 Å². The Morgan fingerprint density at radius 1 is 1.25 bits per heavy atom. The molecule has 11 nitrogen and oxygen atoms in total. The van der Waals surface area contributed by atoms with Gasteiger partial charge in [0.15, 0.2) is 0 Å². The van der Waals surface area contributed by atoms with Gasteiger partial charge in [-0.1, -0.05) is 12.1 Å². The maximum atomic E-state index is 12.9. The Morgan fingerprint density at radius 3 is 2.36 bits per heavy atom. The second kappa shape index (κ2) is 7.90. The van der Waals surface area contributed by atoms with Crippen molar-refractivity contribution in [2.75, 3.05) is 32.9 Å². The Bertz CT molecular complexity index is 784. The Morgan fingerprint density at radius 2 is 1.86 bits per heavy atom. The average Bonchev–Trinajstić information content (AvgIpc) is 3.50. The first-order chi connectivity index (χ1) is 13.3. The van der Waals surface area contributed by atoms with Crippen molar-refractivity contribution >= 4 is 23.5 Å². The van der Waals surface area contributed by atoms with E-state index < -0.39 is 28.4 Å². The number of carbonyl (C=O) groups is 3. The lowest BCUT2D eigenvalue weighted by Crippen LogP contribution is -2.56. The van der Waals surface area contributed by atoms with Gasteiger partial charge in [-0.3, -0.25) is 19.7 Å². The Labute approximate surface area is 159 Å². The number of rotatable bonds is 7. The molecule has 2 fully saturated rings. The molecule has 0 spiro atoms. The maximum Gasteiger partial charge on any atom is 0.348 e. The minimum Gasteiger partial charge on any atom is -0.479 e. The highest BCUT2D eigenvalue weighted by Gasteiger charge is 2.60. The molecule has 2 aliphatic heterocycles. The van der Waals surface area contributed by atoms with Crippen molar-refractivity contribution in [3.8, 4) is 0 Å². The lowest BCUT2D eigenvalue weighted by molar-refractivity contribution is -0.384. The highest BCUT2D eigenvalue weighted by molar-refractivity contribution is 6.09. The number of nitro benzene ring substituents is 1. The van der Waals surface area contributed by atoms with E-state index in [1.807, 2.05) is 0 Å². The van der Waals surface area contributed by atoms with Crippen molar-refractivity contribution < 1.29 is 33.9 Å². The zero-order valence-electron chi connectivity index (χ0n) is 14.8. The first-order valence-corrected chi connectivity index (χ1v) is 8.62. The maximum absolute atomic E-state index is 12.9. The van der Waals surface area contributed by atoms with Gasteiger partial charge < -0.3 is 24.8 Å². The van der Waals surface area contributed by atoms with Crippen LogP contribution in [0.2, 0.25) is 0 Å². The summed E-state index contributed by atoms with van der Waals surface area (Å²) >= 11 is 0. The predicted octanol–water partition coefficient (Wildman–Crippen LogP) is -0.665. The third-order valence-corrected chi connectivity index (χ3v) is 4.66. The lowest BCUT2D eigenvalue weighted by Gasteiger charge is -2.31. The first kappa shape index (κ1) is 19.7. The number of carbonyl (C=O) groups excluding carboxylic acids is 2. The summed E-state index contributed by atoms with van der Waals surface area (Å²) in [5, 5.41) is 22.4. The number of nitro groups is 1. The summed E-state index contributed by atoms with van der Waals surface area (Å²) in [6.45, 7) is 1.18. The van der Waals surface area contributed by atoms with Crippen LogP contribution in [0, 0.1) is 10.1 Å². The molecule has 2 atom stereocenters. The van der Waals surface area contributed by atoms with Crippen LogP contribution in [0.4, 0.5) is 5.69 Å². The molecule has 1 aromatic rings. The van der Waals surface area contributed by atoms with Gasteiger partial charge in [-0.25, -0.2) is 4.79 Å². The number of morpholine rings is 1. The van der Waals surface area contributed by atoms with Crippen LogP contribution >= 0.6 is 0 Å². The van der Waals surface area contributed by atoms with E-state index in [2.05, 4.69) is 5.32 Å². The fraction of sp³-hybridized carbons (Fsp3) is 0.471. The normalized spacial score (nSPS) is 22.2. The summed E-state index contributed by atoms with van der Waals surface area (Å²) in [7, 11) is 0. The number of benzene rings is 1. The van der Waals surface area contributed by atoms with E-state index in [-0.39, 0.29) is 24.6 Å². The minimum atomic E-state index is -1.96. The van der Waals surface area contributed by atoms with E-state index in [0.29, 0.717) is 31.9 Å². The highest BCUT2D eigenvalue weighted by Crippen LogP contribution is 2.28. The Kier molecular flexibility index (Phi) is 5.56. The van der Waals surface area contributed by atoms with E-state index >= 15 is 0 Å². The lowest BCUT2D eigenvalue weighted by atomic mass is 10.0. The van der Waals surface area contributed by atoms with Gasteiger partial charge in [0.25, 0.3) is 17.2 Å². The van der Waals surface area contributed by atoms with Crippen molar-refractivity contribution in [3.63, 3.8) is 0 Å².